The van der Waals surface area contributed by atoms with Crippen LogP contribution in [0, 0.1) is 0 Å². The van der Waals surface area contributed by atoms with E-state index in [4.69, 9.17) is 0 Å². The molecule has 0 fully saturated rings. The highest BCUT2D eigenvalue weighted by atomic mass is 14.1. The maximum absolute atomic E-state index is 2.40. The zero-order valence-electron chi connectivity index (χ0n) is 13.1. The van der Waals surface area contributed by atoms with Crippen LogP contribution in [0.2, 0.25) is 0 Å². The Hall–Kier alpha value is -2.34. The molecule has 22 heavy (non-hydrogen) atoms. The molecular formula is C22H20. The molecule has 0 heteroatoms. The van der Waals surface area contributed by atoms with Crippen LogP contribution in [0.5, 0.6) is 0 Å². The Bertz CT molecular complexity index is 944. The summed E-state index contributed by atoms with van der Waals surface area (Å²) in [7, 11) is 0. The van der Waals surface area contributed by atoms with Crippen LogP contribution in [0.3, 0.4) is 0 Å². The maximum Gasteiger partial charge on any atom is -0.00961 e. The van der Waals surface area contributed by atoms with Gasteiger partial charge in [0.1, 0.15) is 0 Å². The van der Waals surface area contributed by atoms with Crippen LogP contribution in [0.15, 0.2) is 66.7 Å². The Balaban J connectivity index is 2.22. The molecule has 0 N–H and O–H groups in total. The first-order valence-electron chi connectivity index (χ1n) is 8.12. The number of rotatable bonds is 2. The van der Waals surface area contributed by atoms with Gasteiger partial charge in [-0.25, -0.2) is 0 Å². The minimum Gasteiger partial charge on any atom is -0.0648 e. The summed E-state index contributed by atoms with van der Waals surface area (Å²) >= 11 is 0. The highest BCUT2D eigenvalue weighted by molar-refractivity contribution is 6.25. The number of hydrogen-bond acceptors (Lipinski definition) is 0. The van der Waals surface area contributed by atoms with Crippen molar-refractivity contribution in [2.45, 2.75) is 26.2 Å². The minimum absolute atomic E-state index is 0.606. The van der Waals surface area contributed by atoms with Gasteiger partial charge in [-0.1, -0.05) is 80.6 Å². The zero-order chi connectivity index (χ0) is 15.1. The second-order valence-electron chi connectivity index (χ2n) is 6.21. The van der Waals surface area contributed by atoms with Crippen molar-refractivity contribution in [2.24, 2.45) is 0 Å². The molecule has 0 aromatic heterocycles. The molecule has 0 saturated heterocycles. The van der Waals surface area contributed by atoms with E-state index in [1.54, 1.807) is 0 Å². The smallest absolute Gasteiger partial charge is 0.00961 e. The molecule has 0 bridgehead atoms. The number of hydrogen-bond donors (Lipinski definition) is 0. The van der Waals surface area contributed by atoms with E-state index in [1.165, 1.54) is 44.3 Å². The first kappa shape index (κ1) is 13.3. The topological polar surface area (TPSA) is 0 Å². The molecule has 1 atom stereocenters. The Morgan fingerprint density at radius 1 is 0.636 bits per heavy atom. The van der Waals surface area contributed by atoms with Crippen molar-refractivity contribution >= 4 is 32.3 Å². The molecule has 0 nitrogen and oxygen atoms in total. The predicted octanol–water partition coefficient (Wildman–Crippen LogP) is 6.66. The van der Waals surface area contributed by atoms with Gasteiger partial charge in [0.2, 0.25) is 0 Å². The highest BCUT2D eigenvalue weighted by Crippen LogP contribution is 2.36. The van der Waals surface area contributed by atoms with Crippen LogP contribution in [0.4, 0.5) is 0 Å². The van der Waals surface area contributed by atoms with Crippen molar-refractivity contribution in [2.75, 3.05) is 0 Å². The first-order valence-corrected chi connectivity index (χ1v) is 8.12. The fourth-order valence-electron chi connectivity index (χ4n) is 3.47. The van der Waals surface area contributed by atoms with Gasteiger partial charge in [-0.15, -0.1) is 0 Å². The molecule has 0 heterocycles. The quantitative estimate of drug-likeness (QED) is 0.361. The van der Waals surface area contributed by atoms with E-state index in [0.717, 1.165) is 0 Å². The Labute approximate surface area is 131 Å². The van der Waals surface area contributed by atoms with Crippen LogP contribution >= 0.6 is 0 Å². The van der Waals surface area contributed by atoms with E-state index in [2.05, 4.69) is 80.6 Å². The van der Waals surface area contributed by atoms with E-state index in [9.17, 15) is 0 Å². The summed E-state index contributed by atoms with van der Waals surface area (Å²) in [5.74, 6) is 0.606. The summed E-state index contributed by atoms with van der Waals surface area (Å²) in [6.45, 7) is 4.57. The summed E-state index contributed by atoms with van der Waals surface area (Å²) in [5.41, 5.74) is 1.44. The van der Waals surface area contributed by atoms with Crippen LogP contribution in [-0.2, 0) is 0 Å². The molecule has 1 unspecified atom stereocenters. The lowest BCUT2D eigenvalue weighted by atomic mass is 9.90. The molecule has 0 saturated carbocycles. The van der Waals surface area contributed by atoms with Crippen LogP contribution in [0.1, 0.15) is 31.7 Å². The number of benzene rings is 4. The molecule has 0 aliphatic heterocycles. The first-order chi connectivity index (χ1) is 10.8. The lowest BCUT2D eigenvalue weighted by molar-refractivity contribution is 0.735. The van der Waals surface area contributed by atoms with Crippen LogP contribution in [-0.4, -0.2) is 0 Å². The van der Waals surface area contributed by atoms with Crippen molar-refractivity contribution < 1.29 is 0 Å². The fourth-order valence-corrected chi connectivity index (χ4v) is 3.47. The second kappa shape index (κ2) is 5.14. The average Bonchev–Trinajstić information content (AvgIpc) is 2.61. The lowest BCUT2D eigenvalue weighted by Crippen LogP contribution is -1.92. The SMILES string of the molecule is CCC(C)c1ccc2c3ccccc3c3ccccc3c2c1. The highest BCUT2D eigenvalue weighted by Gasteiger charge is 2.10. The Morgan fingerprint density at radius 2 is 1.09 bits per heavy atom. The molecule has 0 spiro atoms. The summed E-state index contributed by atoms with van der Waals surface area (Å²) in [5, 5.41) is 8.16. The van der Waals surface area contributed by atoms with Gasteiger partial charge in [-0.2, -0.15) is 0 Å². The molecule has 4 aromatic rings. The van der Waals surface area contributed by atoms with Gasteiger partial charge in [0.15, 0.2) is 0 Å². The van der Waals surface area contributed by atoms with Crippen molar-refractivity contribution in [1.82, 2.24) is 0 Å². The largest absolute Gasteiger partial charge is 0.0648 e. The molecule has 0 aliphatic carbocycles. The van der Waals surface area contributed by atoms with E-state index in [-0.39, 0.29) is 0 Å². The van der Waals surface area contributed by atoms with Crippen molar-refractivity contribution in [3.63, 3.8) is 0 Å². The van der Waals surface area contributed by atoms with E-state index < -0.39 is 0 Å². The van der Waals surface area contributed by atoms with Crippen molar-refractivity contribution in [3.8, 4) is 0 Å². The molecular weight excluding hydrogens is 264 g/mol. The van der Waals surface area contributed by atoms with Gasteiger partial charge in [-0.3, -0.25) is 0 Å². The summed E-state index contributed by atoms with van der Waals surface area (Å²) in [6.07, 6.45) is 1.18. The third-order valence-corrected chi connectivity index (χ3v) is 4.95. The molecule has 4 aromatic carbocycles. The second-order valence-corrected chi connectivity index (χ2v) is 6.21. The maximum atomic E-state index is 2.40. The van der Waals surface area contributed by atoms with Crippen LogP contribution in [0.25, 0.3) is 32.3 Å². The van der Waals surface area contributed by atoms with Crippen molar-refractivity contribution in [1.29, 1.82) is 0 Å². The van der Waals surface area contributed by atoms with E-state index in [0.29, 0.717) is 5.92 Å². The molecule has 0 amide bonds. The van der Waals surface area contributed by atoms with Gasteiger partial charge >= 0.3 is 0 Å². The Kier molecular flexibility index (Phi) is 3.11. The normalized spacial score (nSPS) is 13.0. The molecule has 108 valence electrons. The van der Waals surface area contributed by atoms with E-state index >= 15 is 0 Å². The van der Waals surface area contributed by atoms with Gasteiger partial charge in [-0.05, 0) is 50.2 Å². The standard InChI is InChI=1S/C22H20/c1-3-15(2)16-12-13-21-19-10-5-4-8-17(19)18-9-6-7-11-20(18)22(21)14-16/h4-15H,3H2,1-2H3. The fraction of sp³-hybridized carbons (Fsp3) is 0.182. The monoisotopic (exact) mass is 284 g/mol. The molecule has 0 aliphatic rings. The van der Waals surface area contributed by atoms with Gasteiger partial charge in [0.25, 0.3) is 0 Å². The predicted molar refractivity (Wildman–Crippen MR) is 97.7 cm³/mol. The summed E-state index contributed by atoms with van der Waals surface area (Å²) in [6, 6.07) is 24.5. The van der Waals surface area contributed by atoms with E-state index in [1.807, 2.05) is 0 Å². The molecule has 4 rings (SSSR count). The number of fused-ring (bicyclic) bond motifs is 6. The minimum atomic E-state index is 0.606. The van der Waals surface area contributed by atoms with Crippen LogP contribution < -0.4 is 0 Å². The third kappa shape index (κ3) is 1.91. The lowest BCUT2D eigenvalue weighted by Gasteiger charge is -2.14. The average molecular weight is 284 g/mol. The zero-order valence-corrected chi connectivity index (χ0v) is 13.1. The van der Waals surface area contributed by atoms with Gasteiger partial charge < -0.3 is 0 Å². The molecule has 0 radical (unpaired) electrons. The summed E-state index contributed by atoms with van der Waals surface area (Å²) < 4.78 is 0. The van der Waals surface area contributed by atoms with Crippen molar-refractivity contribution in [3.05, 3.63) is 72.3 Å². The van der Waals surface area contributed by atoms with Gasteiger partial charge in [0, 0.05) is 0 Å². The summed E-state index contributed by atoms with van der Waals surface area (Å²) in [4.78, 5) is 0. The third-order valence-electron chi connectivity index (χ3n) is 4.95. The van der Waals surface area contributed by atoms with Gasteiger partial charge in [0.05, 0.1) is 0 Å². The Morgan fingerprint density at radius 3 is 1.59 bits per heavy atom.